The number of carbonyl (C=O) groups excluding carboxylic acids is 1. The molecule has 0 aromatic carbocycles. The molecule has 1 aliphatic rings. The predicted molar refractivity (Wildman–Crippen MR) is 89.5 cm³/mol. The molecule has 0 heterocycles. The van der Waals surface area contributed by atoms with Gasteiger partial charge in [0.15, 0.2) is 0 Å². The van der Waals surface area contributed by atoms with Gasteiger partial charge >= 0.3 is 0 Å². The molecule has 0 aromatic heterocycles. The maximum atomic E-state index is 11.7. The standard InChI is InChI=1S/C17H35N3O/c1-15(2)18-12-7-11-17(21)19-13-8-14-20(3)16-9-5-4-6-10-16/h15-16,18H,4-14H2,1-3H3,(H,19,21). The van der Waals surface area contributed by atoms with Gasteiger partial charge < -0.3 is 15.5 Å². The van der Waals surface area contributed by atoms with E-state index in [4.69, 9.17) is 0 Å². The molecule has 1 fully saturated rings. The Kier molecular flexibility index (Phi) is 9.68. The molecule has 0 bridgehead atoms. The second-order valence-electron chi connectivity index (χ2n) is 6.69. The zero-order chi connectivity index (χ0) is 15.5. The second-order valence-corrected chi connectivity index (χ2v) is 6.69. The van der Waals surface area contributed by atoms with E-state index in [-0.39, 0.29) is 5.91 Å². The molecule has 0 unspecified atom stereocenters. The van der Waals surface area contributed by atoms with Crippen LogP contribution in [0.15, 0.2) is 0 Å². The van der Waals surface area contributed by atoms with E-state index in [1.165, 1.54) is 32.1 Å². The van der Waals surface area contributed by atoms with Crippen LogP contribution in [-0.2, 0) is 4.79 Å². The Morgan fingerprint density at radius 1 is 1.14 bits per heavy atom. The molecule has 4 heteroatoms. The van der Waals surface area contributed by atoms with E-state index in [2.05, 4.69) is 36.4 Å². The van der Waals surface area contributed by atoms with Crippen LogP contribution in [-0.4, -0.2) is 49.6 Å². The topological polar surface area (TPSA) is 44.4 Å². The van der Waals surface area contributed by atoms with Crippen LogP contribution < -0.4 is 10.6 Å². The summed E-state index contributed by atoms with van der Waals surface area (Å²) in [6.45, 7) is 7.09. The number of hydrogen-bond acceptors (Lipinski definition) is 3. The van der Waals surface area contributed by atoms with E-state index < -0.39 is 0 Å². The molecule has 0 atom stereocenters. The van der Waals surface area contributed by atoms with Crippen LogP contribution in [0, 0.1) is 0 Å². The maximum Gasteiger partial charge on any atom is 0.220 e. The van der Waals surface area contributed by atoms with E-state index >= 15 is 0 Å². The van der Waals surface area contributed by atoms with Gasteiger partial charge in [0.2, 0.25) is 5.91 Å². The van der Waals surface area contributed by atoms with Gasteiger partial charge in [0.1, 0.15) is 0 Å². The first-order chi connectivity index (χ1) is 10.1. The Hall–Kier alpha value is -0.610. The molecule has 0 radical (unpaired) electrons. The smallest absolute Gasteiger partial charge is 0.220 e. The summed E-state index contributed by atoms with van der Waals surface area (Å²) in [5, 5.41) is 6.37. The summed E-state index contributed by atoms with van der Waals surface area (Å²) in [6.07, 6.45) is 9.50. The number of nitrogens with zero attached hydrogens (tertiary/aromatic N) is 1. The lowest BCUT2D eigenvalue weighted by Crippen LogP contribution is -2.36. The minimum Gasteiger partial charge on any atom is -0.356 e. The van der Waals surface area contributed by atoms with E-state index in [0.29, 0.717) is 12.5 Å². The van der Waals surface area contributed by atoms with Gasteiger partial charge in [0, 0.05) is 25.0 Å². The molecule has 1 saturated carbocycles. The van der Waals surface area contributed by atoms with Crippen LogP contribution in [0.25, 0.3) is 0 Å². The highest BCUT2D eigenvalue weighted by Crippen LogP contribution is 2.21. The summed E-state index contributed by atoms with van der Waals surface area (Å²) in [5.41, 5.74) is 0. The average Bonchev–Trinajstić information content (AvgIpc) is 2.48. The number of nitrogens with one attached hydrogen (secondary N) is 2. The largest absolute Gasteiger partial charge is 0.356 e. The van der Waals surface area contributed by atoms with Crippen LogP contribution in [0.3, 0.4) is 0 Å². The maximum absolute atomic E-state index is 11.7. The van der Waals surface area contributed by atoms with Gasteiger partial charge in [0.25, 0.3) is 0 Å². The highest BCUT2D eigenvalue weighted by molar-refractivity contribution is 5.75. The molecule has 1 aliphatic carbocycles. The summed E-state index contributed by atoms with van der Waals surface area (Å²) in [4.78, 5) is 14.2. The minimum atomic E-state index is 0.195. The summed E-state index contributed by atoms with van der Waals surface area (Å²) in [6, 6.07) is 1.28. The lowest BCUT2D eigenvalue weighted by atomic mass is 9.94. The average molecular weight is 297 g/mol. The first kappa shape index (κ1) is 18.4. The van der Waals surface area contributed by atoms with Crippen molar-refractivity contribution < 1.29 is 4.79 Å². The Balaban J connectivity index is 1.96. The summed E-state index contributed by atoms with van der Waals surface area (Å²) in [7, 11) is 2.23. The van der Waals surface area contributed by atoms with Crippen molar-refractivity contribution in [3.8, 4) is 0 Å². The molecular weight excluding hydrogens is 262 g/mol. The Bertz CT molecular complexity index is 275. The zero-order valence-corrected chi connectivity index (χ0v) is 14.3. The highest BCUT2D eigenvalue weighted by atomic mass is 16.1. The number of hydrogen-bond donors (Lipinski definition) is 2. The molecule has 2 N–H and O–H groups in total. The predicted octanol–water partition coefficient (Wildman–Crippen LogP) is 2.54. The molecular formula is C17H35N3O. The molecule has 4 nitrogen and oxygen atoms in total. The first-order valence-electron chi connectivity index (χ1n) is 8.80. The number of carbonyl (C=O) groups is 1. The normalized spacial score (nSPS) is 16.6. The van der Waals surface area contributed by atoms with Crippen molar-refractivity contribution in [3.05, 3.63) is 0 Å². The van der Waals surface area contributed by atoms with Gasteiger partial charge in [0.05, 0.1) is 0 Å². The lowest BCUT2D eigenvalue weighted by molar-refractivity contribution is -0.121. The monoisotopic (exact) mass is 297 g/mol. The Morgan fingerprint density at radius 2 is 1.86 bits per heavy atom. The zero-order valence-electron chi connectivity index (χ0n) is 14.3. The summed E-state index contributed by atoms with van der Waals surface area (Å²) >= 11 is 0. The van der Waals surface area contributed by atoms with E-state index in [9.17, 15) is 4.79 Å². The molecule has 0 saturated heterocycles. The van der Waals surface area contributed by atoms with Crippen LogP contribution in [0.1, 0.15) is 65.2 Å². The van der Waals surface area contributed by atoms with Crippen molar-refractivity contribution in [2.75, 3.05) is 26.7 Å². The summed E-state index contributed by atoms with van der Waals surface area (Å²) in [5.74, 6) is 0.195. The van der Waals surface area contributed by atoms with Crippen molar-refractivity contribution in [1.82, 2.24) is 15.5 Å². The van der Waals surface area contributed by atoms with Gasteiger partial charge in [-0.05, 0) is 45.8 Å². The van der Waals surface area contributed by atoms with Gasteiger partial charge in [-0.15, -0.1) is 0 Å². The third kappa shape index (κ3) is 9.10. The molecule has 1 amide bonds. The van der Waals surface area contributed by atoms with E-state index in [0.717, 1.165) is 38.5 Å². The van der Waals surface area contributed by atoms with Crippen LogP contribution in [0.2, 0.25) is 0 Å². The first-order valence-corrected chi connectivity index (χ1v) is 8.80. The molecule has 1 rings (SSSR count). The Morgan fingerprint density at radius 3 is 2.52 bits per heavy atom. The van der Waals surface area contributed by atoms with Gasteiger partial charge in [-0.2, -0.15) is 0 Å². The van der Waals surface area contributed by atoms with Crippen molar-refractivity contribution >= 4 is 5.91 Å². The van der Waals surface area contributed by atoms with Crippen molar-refractivity contribution in [2.45, 2.75) is 77.3 Å². The highest BCUT2D eigenvalue weighted by Gasteiger charge is 2.17. The molecule has 0 aromatic rings. The van der Waals surface area contributed by atoms with Gasteiger partial charge in [-0.25, -0.2) is 0 Å². The van der Waals surface area contributed by atoms with Crippen molar-refractivity contribution in [2.24, 2.45) is 0 Å². The summed E-state index contributed by atoms with van der Waals surface area (Å²) < 4.78 is 0. The second kappa shape index (κ2) is 11.0. The van der Waals surface area contributed by atoms with Gasteiger partial charge in [-0.1, -0.05) is 33.1 Å². The fraction of sp³-hybridized carbons (Fsp3) is 0.941. The fourth-order valence-corrected chi connectivity index (χ4v) is 2.99. The van der Waals surface area contributed by atoms with Crippen molar-refractivity contribution in [1.29, 1.82) is 0 Å². The molecule has 0 spiro atoms. The third-order valence-electron chi connectivity index (χ3n) is 4.34. The van der Waals surface area contributed by atoms with E-state index in [1.54, 1.807) is 0 Å². The third-order valence-corrected chi connectivity index (χ3v) is 4.34. The minimum absolute atomic E-state index is 0.195. The molecule has 124 valence electrons. The SMILES string of the molecule is CC(C)NCCCC(=O)NCCCN(C)C1CCCCC1. The van der Waals surface area contributed by atoms with Crippen LogP contribution in [0.4, 0.5) is 0 Å². The van der Waals surface area contributed by atoms with Gasteiger partial charge in [-0.3, -0.25) is 4.79 Å². The Labute approximate surface area is 131 Å². The van der Waals surface area contributed by atoms with Crippen molar-refractivity contribution in [3.63, 3.8) is 0 Å². The van der Waals surface area contributed by atoms with Crippen LogP contribution in [0.5, 0.6) is 0 Å². The van der Waals surface area contributed by atoms with Crippen LogP contribution >= 0.6 is 0 Å². The number of rotatable bonds is 10. The lowest BCUT2D eigenvalue weighted by Gasteiger charge is -2.31. The molecule has 0 aliphatic heterocycles. The molecule has 21 heavy (non-hydrogen) atoms. The fourth-order valence-electron chi connectivity index (χ4n) is 2.99. The van der Waals surface area contributed by atoms with E-state index in [1.807, 2.05) is 0 Å². The quantitative estimate of drug-likeness (QED) is 0.609. The number of amides is 1.